The fourth-order valence-electron chi connectivity index (χ4n) is 14.0. The van der Waals surface area contributed by atoms with Crippen LogP contribution in [-0.2, 0) is 0 Å². The van der Waals surface area contributed by atoms with Crippen LogP contribution in [-0.4, -0.2) is 0 Å². The van der Waals surface area contributed by atoms with E-state index in [-0.39, 0.29) is 0 Å². The average molecular weight is 778 g/mol. The van der Waals surface area contributed by atoms with E-state index in [0.717, 1.165) is 76.9 Å². The van der Waals surface area contributed by atoms with Crippen molar-refractivity contribution in [2.45, 2.75) is 268 Å². The second kappa shape index (κ2) is 32.8. The minimum Gasteiger partial charge on any atom is -0.0683 e. The van der Waals surface area contributed by atoms with E-state index in [1.807, 2.05) is 96.9 Å². The summed E-state index contributed by atoms with van der Waals surface area (Å²) in [6, 6.07) is 0. The normalized spacial score (nSPS) is 41.2. The van der Waals surface area contributed by atoms with E-state index in [2.05, 4.69) is 62.3 Å². The monoisotopic (exact) mass is 777 g/mol. The summed E-state index contributed by atoms with van der Waals surface area (Å²) >= 11 is 0. The van der Waals surface area contributed by atoms with Crippen molar-refractivity contribution in [1.82, 2.24) is 0 Å². The van der Waals surface area contributed by atoms with Gasteiger partial charge in [-0.25, -0.2) is 0 Å². The number of hydrogen-bond acceptors (Lipinski definition) is 0. The van der Waals surface area contributed by atoms with Crippen molar-refractivity contribution in [1.29, 1.82) is 0 Å². The lowest BCUT2D eigenvalue weighted by molar-refractivity contribution is -0.104. The van der Waals surface area contributed by atoms with Crippen LogP contribution in [0.15, 0.2) is 0 Å². The molecule has 336 valence electrons. The van der Waals surface area contributed by atoms with Gasteiger partial charge in [-0.3, -0.25) is 0 Å². The van der Waals surface area contributed by atoms with E-state index in [0.29, 0.717) is 10.8 Å². The van der Waals surface area contributed by atoms with Crippen LogP contribution < -0.4 is 0 Å². The van der Waals surface area contributed by atoms with Gasteiger partial charge in [-0.15, -0.1) is 0 Å². The van der Waals surface area contributed by atoms with Crippen LogP contribution in [0.1, 0.15) is 268 Å². The van der Waals surface area contributed by atoms with Crippen molar-refractivity contribution in [3.05, 3.63) is 0 Å². The average Bonchev–Trinajstić information content (AvgIpc) is 3.24. The Morgan fingerprint density at radius 2 is 0.655 bits per heavy atom. The zero-order chi connectivity index (χ0) is 43.5. The molecule has 0 heteroatoms. The van der Waals surface area contributed by atoms with Crippen LogP contribution in [0.5, 0.6) is 0 Å². The lowest BCUT2D eigenvalue weighted by Gasteiger charge is -2.59. The van der Waals surface area contributed by atoms with Gasteiger partial charge < -0.3 is 0 Å². The maximum absolute atomic E-state index is 2.69. The summed E-state index contributed by atoms with van der Waals surface area (Å²) in [7, 11) is 0. The Hall–Kier alpha value is 0. The molecule has 13 atom stereocenters. The summed E-state index contributed by atoms with van der Waals surface area (Å²) in [5, 5.41) is 0. The predicted molar refractivity (Wildman–Crippen MR) is 259 cm³/mol. The number of hydrogen-bond donors (Lipinski definition) is 0. The highest BCUT2D eigenvalue weighted by atomic mass is 14.6. The van der Waals surface area contributed by atoms with E-state index in [9.17, 15) is 0 Å². The molecule has 0 N–H and O–H groups in total. The fourth-order valence-corrected chi connectivity index (χ4v) is 14.0. The third-order valence-electron chi connectivity index (χ3n) is 16.8. The first-order valence-electron chi connectivity index (χ1n) is 26.5. The van der Waals surface area contributed by atoms with Gasteiger partial charge in [-0.2, -0.15) is 0 Å². The first-order valence-corrected chi connectivity index (χ1v) is 26.5. The second-order valence-corrected chi connectivity index (χ2v) is 18.3. The molecule has 0 aliphatic heterocycles. The van der Waals surface area contributed by atoms with Crippen LogP contribution in [0.4, 0.5) is 0 Å². The highest BCUT2D eigenvalue weighted by Crippen LogP contribution is 2.62. The third-order valence-corrected chi connectivity index (χ3v) is 16.8. The topological polar surface area (TPSA) is 0 Å². The molecule has 6 fully saturated rings. The Morgan fingerprint density at radius 1 is 0.309 bits per heavy atom. The van der Waals surface area contributed by atoms with Crippen LogP contribution >= 0.6 is 0 Å². The highest BCUT2D eigenvalue weighted by Gasteiger charge is 2.54. The molecule has 0 saturated heterocycles. The zero-order valence-electron chi connectivity index (χ0n) is 43.5. The summed E-state index contributed by atoms with van der Waals surface area (Å²) in [4.78, 5) is 0. The molecule has 0 aromatic carbocycles. The lowest BCUT2D eigenvalue weighted by atomic mass is 9.46. The van der Waals surface area contributed by atoms with Crippen molar-refractivity contribution < 1.29 is 0 Å². The van der Waals surface area contributed by atoms with Gasteiger partial charge in [0.05, 0.1) is 0 Å². The van der Waals surface area contributed by atoms with Crippen molar-refractivity contribution in [3.8, 4) is 0 Å². The zero-order valence-corrected chi connectivity index (χ0v) is 43.5. The molecule has 0 aromatic rings. The van der Waals surface area contributed by atoms with E-state index in [4.69, 9.17) is 0 Å². The summed E-state index contributed by atoms with van der Waals surface area (Å²) in [6.07, 6.45) is 25.7. The quantitative estimate of drug-likeness (QED) is 0.262. The van der Waals surface area contributed by atoms with Gasteiger partial charge in [-0.1, -0.05) is 243 Å². The maximum Gasteiger partial charge on any atom is -0.0241 e. The molecule has 6 rings (SSSR count). The van der Waals surface area contributed by atoms with Crippen LogP contribution in [0.25, 0.3) is 0 Å². The van der Waals surface area contributed by atoms with Crippen LogP contribution in [0, 0.1) is 87.8 Å². The lowest BCUT2D eigenvalue weighted by Crippen LogP contribution is -2.52. The van der Waals surface area contributed by atoms with Gasteiger partial charge in [0.25, 0.3) is 0 Å². The fraction of sp³-hybridized carbons (Fsp3) is 1.00. The highest BCUT2D eigenvalue weighted by molar-refractivity contribution is 5.03. The second-order valence-electron chi connectivity index (χ2n) is 18.3. The Labute approximate surface area is 354 Å². The van der Waals surface area contributed by atoms with Gasteiger partial charge in [0.2, 0.25) is 0 Å². The molecule has 0 aromatic heterocycles. The molecule has 0 bridgehead atoms. The molecule has 0 amide bonds. The molecule has 0 radical (unpaired) electrons. The standard InChI is InChI=1S/C21H38.C20H36.7C2H6/c1-14-13-18-11-6-7-12-19(18)17(4)20(14)21(5)15(2)9-8-10-16(21)3;1-14-12-13-17-10-5-6-11-18(17)19(14)20(4)15(2)8-7-9-16(20)3;7*1-2/h14-20H,6-13H2,1-5H3;14-19H,5-13H2,1-4H3;7*1-2H3. The Kier molecular flexibility index (Phi) is 35.4. The number of fused-ring (bicyclic) bond motifs is 2. The molecule has 13 unspecified atom stereocenters. The van der Waals surface area contributed by atoms with E-state index >= 15 is 0 Å². The SMILES string of the molecule is CC.CC.CC.CC.CC.CC.CC.CC1CC2CCCCC2C(C)C1C1(C)C(C)CCCC1C.CC1CCC2CCCCC2C1C1(C)C(C)CCCC1C. The first kappa shape index (κ1) is 59.3. The predicted octanol–water partition coefficient (Wildman–Crippen LogP) is 20.0. The minimum atomic E-state index is 0.597. The van der Waals surface area contributed by atoms with Crippen molar-refractivity contribution in [3.63, 3.8) is 0 Å². The number of rotatable bonds is 2. The largest absolute Gasteiger partial charge is 0.0683 e. The van der Waals surface area contributed by atoms with Gasteiger partial charge in [0.1, 0.15) is 0 Å². The van der Waals surface area contributed by atoms with Gasteiger partial charge in [-0.05, 0) is 113 Å². The van der Waals surface area contributed by atoms with E-state index in [1.165, 1.54) is 89.9 Å². The molecule has 6 saturated carbocycles. The first-order chi connectivity index (χ1) is 26.5. The molecule has 55 heavy (non-hydrogen) atoms. The molecule has 6 aliphatic carbocycles. The Bertz CT molecular complexity index is 804. The Morgan fingerprint density at radius 3 is 1.07 bits per heavy atom. The minimum absolute atomic E-state index is 0.597. The smallest absolute Gasteiger partial charge is 0.0241 e. The van der Waals surface area contributed by atoms with Crippen LogP contribution in [0.3, 0.4) is 0 Å². The van der Waals surface area contributed by atoms with Crippen molar-refractivity contribution >= 4 is 0 Å². The molecule has 0 nitrogen and oxygen atoms in total. The molecular formula is C55H116. The summed E-state index contributed by atoms with van der Waals surface area (Å²) in [5.74, 6) is 12.9. The maximum atomic E-state index is 2.69. The van der Waals surface area contributed by atoms with E-state index in [1.54, 1.807) is 19.3 Å². The summed E-state index contributed by atoms with van der Waals surface area (Å²) in [6.45, 7) is 51.5. The molecule has 0 spiro atoms. The van der Waals surface area contributed by atoms with Crippen molar-refractivity contribution in [2.24, 2.45) is 87.8 Å². The third kappa shape index (κ3) is 14.9. The van der Waals surface area contributed by atoms with Gasteiger partial charge in [0.15, 0.2) is 0 Å². The molecule has 0 heterocycles. The molecule has 6 aliphatic rings. The van der Waals surface area contributed by atoms with E-state index < -0.39 is 0 Å². The Balaban J connectivity index is -0.000000747. The summed E-state index contributed by atoms with van der Waals surface area (Å²) < 4.78 is 0. The van der Waals surface area contributed by atoms with Gasteiger partial charge >= 0.3 is 0 Å². The van der Waals surface area contributed by atoms with Gasteiger partial charge in [0, 0.05) is 0 Å². The molecular weight excluding hydrogens is 661 g/mol. The van der Waals surface area contributed by atoms with Crippen LogP contribution in [0.2, 0.25) is 0 Å². The van der Waals surface area contributed by atoms with Crippen molar-refractivity contribution in [2.75, 3.05) is 0 Å². The summed E-state index contributed by atoms with van der Waals surface area (Å²) in [5.41, 5.74) is 1.22.